The molecule has 0 heterocycles. The van der Waals surface area contributed by atoms with Crippen molar-refractivity contribution in [3.05, 3.63) is 29.3 Å². The monoisotopic (exact) mass is 259 g/mol. The summed E-state index contributed by atoms with van der Waals surface area (Å²) >= 11 is 0. The first-order chi connectivity index (χ1) is 8.42. The van der Waals surface area contributed by atoms with E-state index in [1.807, 2.05) is 0 Å². The van der Waals surface area contributed by atoms with Crippen molar-refractivity contribution in [3.63, 3.8) is 0 Å². The average molecular weight is 259 g/mol. The van der Waals surface area contributed by atoms with Gasteiger partial charge in [0.15, 0.2) is 11.6 Å². The Bertz CT molecular complexity index is 451. The highest BCUT2D eigenvalue weighted by molar-refractivity contribution is 5.73. The lowest BCUT2D eigenvalue weighted by Gasteiger charge is -2.26. The Balaban J connectivity index is 3.22. The molecule has 100 valence electrons. The van der Waals surface area contributed by atoms with E-state index in [-0.39, 0.29) is 17.2 Å². The van der Waals surface area contributed by atoms with Crippen LogP contribution in [0.2, 0.25) is 0 Å². The molecule has 0 aliphatic heterocycles. The van der Waals surface area contributed by atoms with Gasteiger partial charge in [-0.05, 0) is 6.07 Å². The van der Waals surface area contributed by atoms with E-state index >= 15 is 0 Å². The van der Waals surface area contributed by atoms with Gasteiger partial charge in [-0.2, -0.15) is 0 Å². The summed E-state index contributed by atoms with van der Waals surface area (Å²) in [6.45, 7) is 0.777. The van der Waals surface area contributed by atoms with Crippen molar-refractivity contribution < 1.29 is 23.4 Å². The summed E-state index contributed by atoms with van der Waals surface area (Å²) < 4.78 is 31.9. The first-order valence-electron chi connectivity index (χ1n) is 5.29. The van der Waals surface area contributed by atoms with Crippen molar-refractivity contribution in [2.75, 3.05) is 20.8 Å². The number of carbonyl (C=O) groups excluding carboxylic acids is 1. The molecule has 0 aromatic heterocycles. The third-order valence-electron chi connectivity index (χ3n) is 2.77. The Labute approximate surface area is 104 Å². The fraction of sp³-hybridized carbons (Fsp3) is 0.417. The molecular weight excluding hydrogens is 244 g/mol. The van der Waals surface area contributed by atoms with E-state index in [0.29, 0.717) is 0 Å². The molecule has 0 spiro atoms. The minimum Gasteiger partial charge on any atom is -0.494 e. The third-order valence-corrected chi connectivity index (χ3v) is 2.77. The molecule has 1 N–H and O–H groups in total. The smallest absolute Gasteiger partial charge is 0.219 e. The van der Waals surface area contributed by atoms with E-state index in [4.69, 9.17) is 0 Å². The minimum absolute atomic E-state index is 0.0894. The van der Waals surface area contributed by atoms with Crippen molar-refractivity contribution >= 4 is 5.91 Å². The number of halogens is 2. The highest BCUT2D eigenvalue weighted by Gasteiger charge is 2.23. The van der Waals surface area contributed by atoms with Gasteiger partial charge in [-0.15, -0.1) is 0 Å². The quantitative estimate of drug-likeness (QED) is 0.891. The molecule has 0 saturated heterocycles. The van der Waals surface area contributed by atoms with Crippen molar-refractivity contribution in [3.8, 4) is 5.75 Å². The average Bonchev–Trinajstić information content (AvgIpc) is 2.33. The molecule has 1 aromatic rings. The molecule has 1 amide bonds. The topological polar surface area (TPSA) is 49.8 Å². The lowest BCUT2D eigenvalue weighted by molar-refractivity contribution is -0.130. The molecule has 18 heavy (non-hydrogen) atoms. The molecule has 0 radical (unpaired) electrons. The van der Waals surface area contributed by atoms with Crippen LogP contribution in [0.1, 0.15) is 18.5 Å². The summed E-state index contributed by atoms with van der Waals surface area (Å²) in [5.74, 6) is -2.06. The second kappa shape index (κ2) is 5.77. The van der Waals surface area contributed by atoms with E-state index < -0.39 is 24.3 Å². The summed E-state index contributed by atoms with van der Waals surface area (Å²) in [5, 5.41) is 9.23. The molecular formula is C12H15F2NO3. The minimum atomic E-state index is -0.928. The SMILES string of the molecule is COc1cc(F)c(C(CO)N(C)C(C)=O)cc1F. The number of hydrogen-bond donors (Lipinski definition) is 1. The van der Waals surface area contributed by atoms with Crippen LogP contribution in [0.25, 0.3) is 0 Å². The highest BCUT2D eigenvalue weighted by atomic mass is 19.1. The van der Waals surface area contributed by atoms with Gasteiger partial charge in [0.2, 0.25) is 5.91 Å². The van der Waals surface area contributed by atoms with E-state index in [1.165, 1.54) is 21.1 Å². The van der Waals surface area contributed by atoms with E-state index in [1.54, 1.807) is 0 Å². The Morgan fingerprint density at radius 3 is 2.50 bits per heavy atom. The van der Waals surface area contributed by atoms with Gasteiger partial charge in [-0.3, -0.25) is 4.79 Å². The number of nitrogens with zero attached hydrogens (tertiary/aromatic N) is 1. The number of benzene rings is 1. The van der Waals surface area contributed by atoms with Gasteiger partial charge in [0.05, 0.1) is 19.8 Å². The maximum Gasteiger partial charge on any atom is 0.219 e. The zero-order chi connectivity index (χ0) is 13.9. The van der Waals surface area contributed by atoms with Gasteiger partial charge < -0.3 is 14.7 Å². The van der Waals surface area contributed by atoms with E-state index in [2.05, 4.69) is 4.74 Å². The molecule has 4 nitrogen and oxygen atoms in total. The molecule has 0 aliphatic rings. The van der Waals surface area contributed by atoms with Crippen molar-refractivity contribution in [1.82, 2.24) is 4.90 Å². The highest BCUT2D eigenvalue weighted by Crippen LogP contribution is 2.28. The summed E-state index contributed by atoms with van der Waals surface area (Å²) in [7, 11) is 2.63. The van der Waals surface area contributed by atoms with Gasteiger partial charge >= 0.3 is 0 Å². The molecule has 0 saturated carbocycles. The molecule has 1 aromatic carbocycles. The lowest BCUT2D eigenvalue weighted by atomic mass is 10.0. The van der Waals surface area contributed by atoms with Crippen LogP contribution < -0.4 is 4.74 Å². The number of hydrogen-bond acceptors (Lipinski definition) is 3. The fourth-order valence-corrected chi connectivity index (χ4v) is 1.60. The predicted octanol–water partition coefficient (Wildman–Crippen LogP) is 1.49. The number of amides is 1. The van der Waals surface area contributed by atoms with Crippen molar-refractivity contribution in [1.29, 1.82) is 0 Å². The Kier molecular flexibility index (Phi) is 4.61. The van der Waals surface area contributed by atoms with Crippen LogP contribution in [-0.4, -0.2) is 36.7 Å². The molecule has 1 atom stereocenters. The molecule has 0 bridgehead atoms. The van der Waals surface area contributed by atoms with E-state index in [0.717, 1.165) is 17.0 Å². The second-order valence-corrected chi connectivity index (χ2v) is 3.84. The van der Waals surface area contributed by atoms with Gasteiger partial charge in [-0.1, -0.05) is 0 Å². The van der Waals surface area contributed by atoms with Crippen LogP contribution in [0.3, 0.4) is 0 Å². The lowest BCUT2D eigenvalue weighted by Crippen LogP contribution is -2.32. The normalized spacial score (nSPS) is 12.1. The summed E-state index contributed by atoms with van der Waals surface area (Å²) in [5.41, 5.74) is -0.0894. The van der Waals surface area contributed by atoms with Crippen LogP contribution in [0, 0.1) is 11.6 Å². The van der Waals surface area contributed by atoms with Crippen LogP contribution in [0.15, 0.2) is 12.1 Å². The number of ether oxygens (including phenoxy) is 1. The first-order valence-corrected chi connectivity index (χ1v) is 5.29. The van der Waals surface area contributed by atoms with Crippen LogP contribution in [-0.2, 0) is 4.79 Å². The summed E-state index contributed by atoms with van der Waals surface area (Å²) in [6.07, 6.45) is 0. The van der Waals surface area contributed by atoms with Gasteiger partial charge in [0.25, 0.3) is 0 Å². The number of methoxy groups -OCH3 is 1. The number of likely N-dealkylation sites (N-methyl/N-ethyl adjacent to an activating group) is 1. The number of aliphatic hydroxyl groups excluding tert-OH is 1. The van der Waals surface area contributed by atoms with Crippen molar-refractivity contribution in [2.24, 2.45) is 0 Å². The molecule has 0 fully saturated rings. The molecule has 1 rings (SSSR count). The zero-order valence-corrected chi connectivity index (χ0v) is 10.4. The molecule has 0 aliphatic carbocycles. The van der Waals surface area contributed by atoms with Gasteiger partial charge in [0, 0.05) is 25.6 Å². The predicted molar refractivity (Wildman–Crippen MR) is 61.2 cm³/mol. The summed E-state index contributed by atoms with van der Waals surface area (Å²) in [6, 6.07) is 0.887. The second-order valence-electron chi connectivity index (χ2n) is 3.84. The zero-order valence-electron chi connectivity index (χ0n) is 10.4. The molecule has 1 unspecified atom stereocenters. The Hall–Kier alpha value is -1.69. The number of aliphatic hydroxyl groups is 1. The van der Waals surface area contributed by atoms with E-state index in [9.17, 15) is 18.7 Å². The van der Waals surface area contributed by atoms with Crippen LogP contribution in [0.4, 0.5) is 8.78 Å². The standard InChI is InChI=1S/C12H15F2NO3/c1-7(17)15(2)11(6-16)8-4-10(14)12(18-3)5-9(8)13/h4-5,11,16H,6H2,1-3H3. The number of carbonyl (C=O) groups is 1. The van der Waals surface area contributed by atoms with Gasteiger partial charge in [0.1, 0.15) is 5.82 Å². The number of rotatable bonds is 4. The maximum absolute atomic E-state index is 13.8. The van der Waals surface area contributed by atoms with Gasteiger partial charge in [-0.25, -0.2) is 8.78 Å². The summed E-state index contributed by atoms with van der Waals surface area (Å²) in [4.78, 5) is 12.4. The van der Waals surface area contributed by atoms with Crippen LogP contribution in [0.5, 0.6) is 5.75 Å². The molecule has 6 heteroatoms. The fourth-order valence-electron chi connectivity index (χ4n) is 1.60. The Morgan fingerprint density at radius 2 is 2.06 bits per heavy atom. The Morgan fingerprint density at radius 1 is 1.44 bits per heavy atom. The maximum atomic E-state index is 13.8. The largest absolute Gasteiger partial charge is 0.494 e. The van der Waals surface area contributed by atoms with Crippen molar-refractivity contribution in [2.45, 2.75) is 13.0 Å². The van der Waals surface area contributed by atoms with Crippen LogP contribution >= 0.6 is 0 Å². The first kappa shape index (κ1) is 14.4. The third kappa shape index (κ3) is 2.76.